The average molecular weight is 520 g/mol. The Hall–Kier alpha value is -1.94. The number of piperidine rings is 1. The summed E-state index contributed by atoms with van der Waals surface area (Å²) in [4.78, 5) is 23.0. The lowest BCUT2D eigenvalue weighted by Gasteiger charge is -2.34. The summed E-state index contributed by atoms with van der Waals surface area (Å²) in [5.74, 6) is 0.0739. The first-order valence-electron chi connectivity index (χ1n) is 13.0. The normalized spacial score (nSPS) is 30.1. The molecule has 2 saturated heterocycles. The highest BCUT2D eigenvalue weighted by Gasteiger charge is 2.54. The number of aromatic nitrogens is 3. The van der Waals surface area contributed by atoms with E-state index in [1.165, 1.54) is 6.33 Å². The topological polar surface area (TPSA) is 90.7 Å². The third-order valence-electron chi connectivity index (χ3n) is 7.38. The third-order valence-corrected chi connectivity index (χ3v) is 7.68. The van der Waals surface area contributed by atoms with Gasteiger partial charge in [0.25, 0.3) is 0 Å². The largest absolute Gasteiger partial charge is 0.444 e. The highest BCUT2D eigenvalue weighted by Crippen LogP contribution is 2.47. The Labute approximate surface area is 217 Å². The van der Waals surface area contributed by atoms with E-state index >= 15 is 0 Å². The van der Waals surface area contributed by atoms with Crippen LogP contribution in [-0.4, -0.2) is 75.3 Å². The monoisotopic (exact) mass is 519 g/mol. The maximum absolute atomic E-state index is 12.5. The van der Waals surface area contributed by atoms with Crippen molar-refractivity contribution in [2.75, 3.05) is 26.2 Å². The van der Waals surface area contributed by atoms with E-state index in [0.717, 1.165) is 56.5 Å². The molecule has 0 aromatic carbocycles. The molecule has 10 heteroatoms. The minimum atomic E-state index is -0.626. The van der Waals surface area contributed by atoms with Crippen molar-refractivity contribution in [1.29, 1.82) is 0 Å². The van der Waals surface area contributed by atoms with Gasteiger partial charge in [-0.15, -0.1) is 0 Å². The van der Waals surface area contributed by atoms with Crippen molar-refractivity contribution in [2.24, 2.45) is 11.8 Å². The minimum Gasteiger partial charge on any atom is -0.444 e. The highest BCUT2D eigenvalue weighted by molar-refractivity contribution is 6.33. The average Bonchev–Trinajstić information content (AvgIpc) is 3.45. The molecule has 0 spiro atoms. The summed E-state index contributed by atoms with van der Waals surface area (Å²) in [6.45, 7) is 12.9. The fourth-order valence-corrected chi connectivity index (χ4v) is 6.12. The van der Waals surface area contributed by atoms with Crippen LogP contribution in [-0.2, 0) is 14.2 Å². The molecule has 3 fully saturated rings. The van der Waals surface area contributed by atoms with Crippen molar-refractivity contribution in [2.45, 2.75) is 83.5 Å². The number of rotatable bonds is 5. The predicted molar refractivity (Wildman–Crippen MR) is 137 cm³/mol. The van der Waals surface area contributed by atoms with Crippen molar-refractivity contribution >= 4 is 28.7 Å². The Bertz CT molecular complexity index is 1100. The van der Waals surface area contributed by atoms with Crippen molar-refractivity contribution in [3.05, 3.63) is 23.7 Å². The lowest BCUT2D eigenvalue weighted by molar-refractivity contribution is -0.160. The molecule has 9 nitrogen and oxygen atoms in total. The van der Waals surface area contributed by atoms with Crippen LogP contribution >= 0.6 is 11.6 Å². The van der Waals surface area contributed by atoms with Gasteiger partial charge in [0.2, 0.25) is 0 Å². The summed E-state index contributed by atoms with van der Waals surface area (Å²) >= 11 is 6.30. The molecule has 5 rings (SSSR count). The molecule has 1 saturated carbocycles. The number of carbonyl (C=O) groups excluding carboxylic acids is 1. The Kier molecular flexibility index (Phi) is 6.95. The van der Waals surface area contributed by atoms with E-state index in [1.54, 1.807) is 0 Å². The molecule has 4 heterocycles. The smallest absolute Gasteiger partial charge is 0.410 e. The first kappa shape index (κ1) is 25.7. The second-order valence-electron chi connectivity index (χ2n) is 11.8. The minimum absolute atomic E-state index is 0.00289. The molecular weight excluding hydrogens is 482 g/mol. The molecule has 1 aliphatic carbocycles. The van der Waals surface area contributed by atoms with Crippen LogP contribution in [0.15, 0.2) is 18.6 Å². The molecule has 198 valence electrons. The maximum Gasteiger partial charge on any atom is 0.410 e. The fourth-order valence-electron chi connectivity index (χ4n) is 5.93. The molecule has 2 aromatic rings. The SMILES string of the molecule is CC(C)(C)OC(=O)N1CCC[C@H](CNC[C@H]2C[C@@H](n3ccc4c(Cl)ncnc43)[C@@H]3OC(C)(C)O[C@H]23)C1. The van der Waals surface area contributed by atoms with Crippen LogP contribution in [0.4, 0.5) is 4.79 Å². The Morgan fingerprint density at radius 1 is 1.25 bits per heavy atom. The summed E-state index contributed by atoms with van der Waals surface area (Å²) in [6, 6.07) is 2.07. The van der Waals surface area contributed by atoms with E-state index in [0.29, 0.717) is 17.0 Å². The second-order valence-corrected chi connectivity index (χ2v) is 12.2. The number of nitrogens with one attached hydrogen (secondary N) is 1. The molecule has 2 aliphatic heterocycles. The van der Waals surface area contributed by atoms with Crippen LogP contribution in [0.1, 0.15) is 59.9 Å². The second kappa shape index (κ2) is 9.74. The van der Waals surface area contributed by atoms with Gasteiger partial charge in [0.15, 0.2) is 5.79 Å². The first-order chi connectivity index (χ1) is 17.0. The number of halogens is 1. The molecule has 2 aromatic heterocycles. The number of carbonyl (C=O) groups is 1. The number of likely N-dealkylation sites (tertiary alicyclic amines) is 1. The lowest BCUT2D eigenvalue weighted by Crippen LogP contribution is -2.45. The van der Waals surface area contributed by atoms with Gasteiger partial charge in [0.05, 0.1) is 17.5 Å². The Balaban J connectivity index is 1.22. The number of hydrogen-bond donors (Lipinski definition) is 1. The van der Waals surface area contributed by atoms with E-state index in [4.69, 9.17) is 25.8 Å². The zero-order valence-electron chi connectivity index (χ0n) is 21.9. The Morgan fingerprint density at radius 3 is 2.81 bits per heavy atom. The van der Waals surface area contributed by atoms with Crippen LogP contribution in [0.3, 0.4) is 0 Å². The van der Waals surface area contributed by atoms with Crippen molar-refractivity contribution in [1.82, 2.24) is 24.8 Å². The van der Waals surface area contributed by atoms with Gasteiger partial charge in [0, 0.05) is 31.7 Å². The van der Waals surface area contributed by atoms with Crippen molar-refractivity contribution in [3.8, 4) is 0 Å². The van der Waals surface area contributed by atoms with Gasteiger partial charge in [0.1, 0.15) is 28.8 Å². The molecule has 3 aliphatic rings. The van der Waals surface area contributed by atoms with Crippen LogP contribution in [0, 0.1) is 11.8 Å². The van der Waals surface area contributed by atoms with E-state index in [2.05, 4.69) is 19.9 Å². The van der Waals surface area contributed by atoms with Gasteiger partial charge in [-0.2, -0.15) is 0 Å². The molecule has 36 heavy (non-hydrogen) atoms. The zero-order valence-corrected chi connectivity index (χ0v) is 22.6. The summed E-state index contributed by atoms with van der Waals surface area (Å²) in [7, 11) is 0. The predicted octanol–water partition coefficient (Wildman–Crippen LogP) is 4.40. The summed E-state index contributed by atoms with van der Waals surface area (Å²) < 4.78 is 20.5. The maximum atomic E-state index is 12.5. The van der Waals surface area contributed by atoms with E-state index in [9.17, 15) is 4.79 Å². The standard InChI is InChI=1S/C26H38ClN5O4/c1-25(2,3)36-24(33)31-9-6-7-16(14-31)12-28-13-17-11-19(21-20(17)34-26(4,5)35-21)32-10-8-18-22(27)29-15-30-23(18)32/h8,10,15-17,19-21,28H,6-7,9,11-14H2,1-5H3/t16-,17-,19-,20-,21+/m1/s1. The molecule has 0 radical (unpaired) electrons. The van der Waals surface area contributed by atoms with Gasteiger partial charge >= 0.3 is 6.09 Å². The van der Waals surface area contributed by atoms with Crippen LogP contribution in [0.25, 0.3) is 11.0 Å². The molecule has 1 N–H and O–H groups in total. The molecule has 1 amide bonds. The quantitative estimate of drug-likeness (QED) is 0.585. The number of amides is 1. The van der Waals surface area contributed by atoms with E-state index in [-0.39, 0.29) is 24.3 Å². The van der Waals surface area contributed by atoms with Gasteiger partial charge < -0.3 is 29.0 Å². The van der Waals surface area contributed by atoms with E-state index in [1.807, 2.05) is 51.8 Å². The number of fused-ring (bicyclic) bond motifs is 2. The molecule has 5 atom stereocenters. The lowest BCUT2D eigenvalue weighted by atomic mass is 9.97. The van der Waals surface area contributed by atoms with Crippen LogP contribution < -0.4 is 5.32 Å². The number of hydrogen-bond acceptors (Lipinski definition) is 7. The van der Waals surface area contributed by atoms with Gasteiger partial charge in [-0.25, -0.2) is 14.8 Å². The fraction of sp³-hybridized carbons (Fsp3) is 0.731. The first-order valence-corrected chi connectivity index (χ1v) is 13.4. The van der Waals surface area contributed by atoms with Crippen LogP contribution in [0.2, 0.25) is 5.15 Å². The molecule has 0 bridgehead atoms. The highest BCUT2D eigenvalue weighted by atomic mass is 35.5. The summed E-state index contributed by atoms with van der Waals surface area (Å²) in [6.07, 6.45) is 6.28. The third kappa shape index (κ3) is 5.35. The summed E-state index contributed by atoms with van der Waals surface area (Å²) in [5.41, 5.74) is 0.349. The summed E-state index contributed by atoms with van der Waals surface area (Å²) in [5, 5.41) is 5.00. The van der Waals surface area contributed by atoms with Crippen molar-refractivity contribution < 1.29 is 19.0 Å². The number of nitrogens with zero attached hydrogens (tertiary/aromatic N) is 4. The van der Waals surface area contributed by atoms with Crippen molar-refractivity contribution in [3.63, 3.8) is 0 Å². The van der Waals surface area contributed by atoms with E-state index < -0.39 is 11.4 Å². The zero-order chi connectivity index (χ0) is 25.7. The molecule has 0 unspecified atom stereocenters. The Morgan fingerprint density at radius 2 is 2.03 bits per heavy atom. The van der Waals surface area contributed by atoms with Gasteiger partial charge in [-0.1, -0.05) is 11.6 Å². The van der Waals surface area contributed by atoms with Gasteiger partial charge in [-0.05, 0) is 72.4 Å². The van der Waals surface area contributed by atoms with Gasteiger partial charge in [-0.3, -0.25) is 0 Å². The molecular formula is C26H38ClN5O4. The number of ether oxygens (including phenoxy) is 3. The van der Waals surface area contributed by atoms with Crippen LogP contribution in [0.5, 0.6) is 0 Å².